The highest BCUT2D eigenvalue weighted by molar-refractivity contribution is 5.83. The average molecular weight is 271 g/mol. The van der Waals surface area contributed by atoms with Gasteiger partial charge in [-0.1, -0.05) is 6.92 Å². The molecule has 1 saturated carbocycles. The fourth-order valence-corrected chi connectivity index (χ4v) is 2.15. The molecule has 1 aliphatic carbocycles. The molecular weight excluding hydrogens is 250 g/mol. The number of carboxylic acid groups (broad SMARTS) is 1. The second kappa shape index (κ2) is 6.40. The molecule has 7 nitrogen and oxygen atoms in total. The van der Waals surface area contributed by atoms with Gasteiger partial charge in [0.2, 0.25) is 5.91 Å². The maximum absolute atomic E-state index is 11.8. The van der Waals surface area contributed by atoms with E-state index < -0.39 is 23.9 Å². The van der Waals surface area contributed by atoms with Crippen LogP contribution in [0.4, 0.5) is 4.79 Å². The number of aliphatic carboxylic acids is 1. The van der Waals surface area contributed by atoms with Gasteiger partial charge in [0.05, 0.1) is 0 Å². The second-order valence-corrected chi connectivity index (χ2v) is 4.98. The van der Waals surface area contributed by atoms with Crippen LogP contribution in [0, 0.1) is 0 Å². The monoisotopic (exact) mass is 271 g/mol. The van der Waals surface area contributed by atoms with Gasteiger partial charge in [0.15, 0.2) is 0 Å². The van der Waals surface area contributed by atoms with Crippen LogP contribution in [0.3, 0.4) is 0 Å². The normalized spacial score (nSPS) is 17.9. The van der Waals surface area contributed by atoms with Gasteiger partial charge < -0.3 is 21.5 Å². The lowest BCUT2D eigenvalue weighted by atomic mass is 9.75. The third kappa shape index (κ3) is 4.42. The van der Waals surface area contributed by atoms with Crippen molar-refractivity contribution in [1.82, 2.24) is 10.6 Å². The number of nitrogens with two attached hydrogens (primary N) is 1. The third-order valence-electron chi connectivity index (χ3n) is 3.65. The molecule has 1 unspecified atom stereocenters. The highest BCUT2D eigenvalue weighted by Crippen LogP contribution is 2.34. The minimum absolute atomic E-state index is 0.00277. The topological polar surface area (TPSA) is 122 Å². The number of carboxylic acids is 1. The molecule has 19 heavy (non-hydrogen) atoms. The molecule has 0 aromatic carbocycles. The Labute approximate surface area is 111 Å². The number of rotatable bonds is 7. The Balaban J connectivity index is 2.47. The van der Waals surface area contributed by atoms with E-state index in [4.69, 9.17) is 10.8 Å². The largest absolute Gasteiger partial charge is 0.480 e. The summed E-state index contributed by atoms with van der Waals surface area (Å²) in [4.78, 5) is 33.4. The Morgan fingerprint density at radius 2 is 2.00 bits per heavy atom. The van der Waals surface area contributed by atoms with Gasteiger partial charge in [0.1, 0.15) is 6.04 Å². The molecule has 0 aromatic heterocycles. The molecule has 1 atom stereocenters. The zero-order valence-corrected chi connectivity index (χ0v) is 11.1. The van der Waals surface area contributed by atoms with Crippen molar-refractivity contribution >= 4 is 17.9 Å². The Bertz CT molecular complexity index is 360. The Morgan fingerprint density at radius 3 is 2.37 bits per heavy atom. The van der Waals surface area contributed by atoms with Gasteiger partial charge in [0, 0.05) is 12.0 Å². The number of hydrogen-bond acceptors (Lipinski definition) is 3. The lowest BCUT2D eigenvalue weighted by Crippen LogP contribution is -2.58. The average Bonchev–Trinajstić information content (AvgIpc) is 2.28. The fourth-order valence-electron chi connectivity index (χ4n) is 2.15. The van der Waals surface area contributed by atoms with Crippen LogP contribution in [0.1, 0.15) is 45.4 Å². The van der Waals surface area contributed by atoms with Crippen molar-refractivity contribution in [2.75, 3.05) is 0 Å². The van der Waals surface area contributed by atoms with Crippen LogP contribution in [0.2, 0.25) is 0 Å². The van der Waals surface area contributed by atoms with Gasteiger partial charge in [-0.05, 0) is 32.1 Å². The third-order valence-corrected chi connectivity index (χ3v) is 3.65. The lowest BCUT2D eigenvalue weighted by molar-refractivity contribution is -0.139. The van der Waals surface area contributed by atoms with Crippen LogP contribution in [0.15, 0.2) is 0 Å². The molecule has 0 radical (unpaired) electrons. The summed E-state index contributed by atoms with van der Waals surface area (Å²) in [7, 11) is 0. The first kappa shape index (κ1) is 15.3. The van der Waals surface area contributed by atoms with Gasteiger partial charge in [-0.25, -0.2) is 9.59 Å². The molecule has 0 bridgehead atoms. The summed E-state index contributed by atoms with van der Waals surface area (Å²) in [5.74, 6) is -1.76. The molecule has 1 aliphatic rings. The molecule has 0 spiro atoms. The number of amides is 3. The number of carbonyl (C=O) groups is 3. The number of carbonyl (C=O) groups excluding carboxylic acids is 2. The van der Waals surface area contributed by atoms with Crippen molar-refractivity contribution in [3.05, 3.63) is 0 Å². The van der Waals surface area contributed by atoms with E-state index >= 15 is 0 Å². The van der Waals surface area contributed by atoms with E-state index in [9.17, 15) is 14.4 Å². The molecular formula is C12H21N3O4. The number of hydrogen-bond donors (Lipinski definition) is 4. The molecule has 5 N–H and O–H groups in total. The zero-order chi connectivity index (χ0) is 14.5. The number of primary amides is 1. The first-order chi connectivity index (χ1) is 8.88. The summed E-state index contributed by atoms with van der Waals surface area (Å²) in [6.45, 7) is 1.99. The lowest BCUT2D eigenvalue weighted by Gasteiger charge is -2.42. The van der Waals surface area contributed by atoms with Crippen LogP contribution in [-0.2, 0) is 9.59 Å². The molecule has 1 fully saturated rings. The quantitative estimate of drug-likeness (QED) is 0.533. The first-order valence-electron chi connectivity index (χ1n) is 6.48. The minimum atomic E-state index is -1.17. The predicted octanol–water partition coefficient (Wildman–Crippen LogP) is 0.337. The molecule has 1 rings (SSSR count). The van der Waals surface area contributed by atoms with E-state index in [0.717, 1.165) is 25.7 Å². The standard InChI is InChI=1S/C12H21N3O4/c1-2-12(6-3-7-12)15-11(19)14-8(10(17)18)4-5-9(13)16/h8H,2-7H2,1H3,(H2,13,16)(H,17,18)(H2,14,15,19). The van der Waals surface area contributed by atoms with Crippen molar-refractivity contribution in [3.63, 3.8) is 0 Å². The van der Waals surface area contributed by atoms with Gasteiger partial charge in [-0.2, -0.15) is 0 Å². The van der Waals surface area contributed by atoms with Crippen molar-refractivity contribution in [1.29, 1.82) is 0 Å². The molecule has 0 aliphatic heterocycles. The molecule has 3 amide bonds. The highest BCUT2D eigenvalue weighted by atomic mass is 16.4. The Morgan fingerprint density at radius 1 is 1.37 bits per heavy atom. The van der Waals surface area contributed by atoms with Crippen LogP contribution in [0.5, 0.6) is 0 Å². The van der Waals surface area contributed by atoms with E-state index in [1.807, 2.05) is 6.92 Å². The number of urea groups is 1. The van der Waals surface area contributed by atoms with E-state index in [2.05, 4.69) is 10.6 Å². The second-order valence-electron chi connectivity index (χ2n) is 4.98. The number of nitrogens with one attached hydrogen (secondary N) is 2. The zero-order valence-electron chi connectivity index (χ0n) is 11.1. The minimum Gasteiger partial charge on any atom is -0.480 e. The maximum Gasteiger partial charge on any atom is 0.326 e. The Hall–Kier alpha value is -1.79. The van der Waals surface area contributed by atoms with Gasteiger partial charge >= 0.3 is 12.0 Å². The van der Waals surface area contributed by atoms with Gasteiger partial charge in [0.25, 0.3) is 0 Å². The molecule has 108 valence electrons. The van der Waals surface area contributed by atoms with Crippen LogP contribution in [0.25, 0.3) is 0 Å². The van der Waals surface area contributed by atoms with E-state index in [1.165, 1.54) is 0 Å². The van der Waals surface area contributed by atoms with Crippen molar-refractivity contribution in [2.45, 2.75) is 57.0 Å². The van der Waals surface area contributed by atoms with Crippen molar-refractivity contribution in [2.24, 2.45) is 5.73 Å². The highest BCUT2D eigenvalue weighted by Gasteiger charge is 2.37. The summed E-state index contributed by atoms with van der Waals surface area (Å²) >= 11 is 0. The molecule has 0 saturated heterocycles. The molecule has 0 aromatic rings. The van der Waals surface area contributed by atoms with Crippen molar-refractivity contribution in [3.8, 4) is 0 Å². The summed E-state index contributed by atoms with van der Waals surface area (Å²) in [6, 6.07) is -1.60. The van der Waals surface area contributed by atoms with Crippen LogP contribution < -0.4 is 16.4 Å². The Kier molecular flexibility index (Phi) is 5.14. The summed E-state index contributed by atoms with van der Waals surface area (Å²) in [5, 5.41) is 14.2. The van der Waals surface area contributed by atoms with Gasteiger partial charge in [-0.3, -0.25) is 4.79 Å². The molecule has 0 heterocycles. The van der Waals surface area contributed by atoms with E-state index in [0.29, 0.717) is 0 Å². The first-order valence-corrected chi connectivity index (χ1v) is 6.48. The molecule has 7 heteroatoms. The summed E-state index contributed by atoms with van der Waals surface area (Å²) in [6.07, 6.45) is 3.64. The van der Waals surface area contributed by atoms with Crippen LogP contribution >= 0.6 is 0 Å². The SMILES string of the molecule is CCC1(NC(=O)NC(CCC(N)=O)C(=O)O)CCC1. The fraction of sp³-hybridized carbons (Fsp3) is 0.750. The smallest absolute Gasteiger partial charge is 0.326 e. The summed E-state index contributed by atoms with van der Waals surface area (Å²) in [5.41, 5.74) is 4.77. The van der Waals surface area contributed by atoms with Gasteiger partial charge in [-0.15, -0.1) is 0 Å². The van der Waals surface area contributed by atoms with E-state index in [1.54, 1.807) is 0 Å². The predicted molar refractivity (Wildman–Crippen MR) is 68.4 cm³/mol. The maximum atomic E-state index is 11.8. The summed E-state index contributed by atoms with van der Waals surface area (Å²) < 4.78 is 0. The van der Waals surface area contributed by atoms with Crippen LogP contribution in [-0.4, -0.2) is 34.6 Å². The van der Waals surface area contributed by atoms with Crippen molar-refractivity contribution < 1.29 is 19.5 Å². The van der Waals surface area contributed by atoms with E-state index in [-0.39, 0.29) is 18.4 Å².